The Morgan fingerprint density at radius 2 is 1.59 bits per heavy atom. The number of para-hydroxylation sites is 1. The molecule has 0 aliphatic carbocycles. The lowest BCUT2D eigenvalue weighted by Crippen LogP contribution is -2.42. The molecule has 32 heavy (non-hydrogen) atoms. The third kappa shape index (κ3) is 3.43. The SMILES string of the molecule is COc1ccccc1C(=O)N1c2ncnn2[C@@H](c2ccccc2)C[C@H]1c1ccc(C)cc1. The van der Waals surface area contributed by atoms with Crippen molar-refractivity contribution >= 4 is 11.9 Å². The van der Waals surface area contributed by atoms with Crippen molar-refractivity contribution in [1.29, 1.82) is 0 Å². The Balaban J connectivity index is 1.66. The van der Waals surface area contributed by atoms with Crippen LogP contribution in [0.1, 0.15) is 45.6 Å². The first kappa shape index (κ1) is 20.0. The van der Waals surface area contributed by atoms with Gasteiger partial charge >= 0.3 is 0 Å². The van der Waals surface area contributed by atoms with Gasteiger partial charge in [0.2, 0.25) is 5.95 Å². The fraction of sp³-hybridized carbons (Fsp3) is 0.192. The van der Waals surface area contributed by atoms with E-state index in [1.165, 1.54) is 11.9 Å². The Bertz CT molecular complexity index is 1230. The Labute approximate surface area is 187 Å². The average molecular weight is 425 g/mol. The second-order valence-corrected chi connectivity index (χ2v) is 7.97. The van der Waals surface area contributed by atoms with Crippen molar-refractivity contribution in [2.24, 2.45) is 0 Å². The molecule has 0 unspecified atom stereocenters. The first-order chi connectivity index (χ1) is 15.7. The highest BCUT2D eigenvalue weighted by Crippen LogP contribution is 2.43. The van der Waals surface area contributed by atoms with Gasteiger partial charge in [-0.05, 0) is 36.6 Å². The van der Waals surface area contributed by atoms with E-state index in [1.807, 2.05) is 35.0 Å². The van der Waals surface area contributed by atoms with Crippen LogP contribution in [0.25, 0.3) is 0 Å². The van der Waals surface area contributed by atoms with Gasteiger partial charge in [-0.3, -0.25) is 9.69 Å². The molecule has 1 aliphatic rings. The Kier molecular flexibility index (Phi) is 5.19. The third-order valence-corrected chi connectivity index (χ3v) is 6.03. The molecule has 3 aromatic carbocycles. The summed E-state index contributed by atoms with van der Waals surface area (Å²) in [6.07, 6.45) is 2.20. The molecule has 4 aromatic rings. The molecule has 0 saturated carbocycles. The summed E-state index contributed by atoms with van der Waals surface area (Å²) in [7, 11) is 1.58. The van der Waals surface area contributed by atoms with Gasteiger partial charge in [-0.2, -0.15) is 10.1 Å². The van der Waals surface area contributed by atoms with E-state index < -0.39 is 0 Å². The minimum Gasteiger partial charge on any atom is -0.496 e. The van der Waals surface area contributed by atoms with Crippen LogP contribution in [-0.2, 0) is 0 Å². The lowest BCUT2D eigenvalue weighted by atomic mass is 9.91. The normalized spacial score (nSPS) is 17.6. The maximum atomic E-state index is 13.9. The van der Waals surface area contributed by atoms with E-state index >= 15 is 0 Å². The van der Waals surface area contributed by atoms with Crippen LogP contribution in [0.5, 0.6) is 5.75 Å². The van der Waals surface area contributed by atoms with Crippen LogP contribution >= 0.6 is 0 Å². The number of ether oxygens (including phenoxy) is 1. The summed E-state index contributed by atoms with van der Waals surface area (Å²) in [6, 6.07) is 25.7. The second-order valence-electron chi connectivity index (χ2n) is 7.97. The van der Waals surface area contributed by atoms with Crippen molar-refractivity contribution < 1.29 is 9.53 Å². The number of anilines is 1. The van der Waals surface area contributed by atoms with Crippen molar-refractivity contribution in [2.45, 2.75) is 25.4 Å². The number of aromatic nitrogens is 3. The van der Waals surface area contributed by atoms with Crippen LogP contribution in [-0.4, -0.2) is 27.8 Å². The van der Waals surface area contributed by atoms with Crippen molar-refractivity contribution in [3.05, 3.63) is 107 Å². The zero-order valence-corrected chi connectivity index (χ0v) is 18.1. The number of hydrogen-bond donors (Lipinski definition) is 0. The zero-order valence-electron chi connectivity index (χ0n) is 18.1. The van der Waals surface area contributed by atoms with Crippen LogP contribution in [0.15, 0.2) is 85.2 Å². The fourth-order valence-corrected chi connectivity index (χ4v) is 4.40. The number of methoxy groups -OCH3 is 1. The fourth-order valence-electron chi connectivity index (χ4n) is 4.40. The molecule has 1 aromatic heterocycles. The molecular weight excluding hydrogens is 400 g/mol. The third-order valence-electron chi connectivity index (χ3n) is 6.03. The van der Waals surface area contributed by atoms with Gasteiger partial charge in [0, 0.05) is 0 Å². The van der Waals surface area contributed by atoms with Gasteiger partial charge in [0.25, 0.3) is 5.91 Å². The predicted octanol–water partition coefficient (Wildman–Crippen LogP) is 4.98. The molecule has 1 amide bonds. The highest BCUT2D eigenvalue weighted by atomic mass is 16.5. The highest BCUT2D eigenvalue weighted by molar-refractivity contribution is 6.07. The molecule has 6 heteroatoms. The molecule has 0 radical (unpaired) electrons. The highest BCUT2D eigenvalue weighted by Gasteiger charge is 2.40. The van der Waals surface area contributed by atoms with Crippen molar-refractivity contribution in [1.82, 2.24) is 14.8 Å². The standard InChI is InChI=1S/C26H24N4O2/c1-18-12-14-20(15-13-18)22-16-23(19-8-4-3-5-9-19)30-26(27-17-28-30)29(22)25(31)21-10-6-7-11-24(21)32-2/h3-15,17,22-23H,16H2,1-2H3/t22-,23+/m0/s1. The Hall–Kier alpha value is -3.93. The van der Waals surface area contributed by atoms with E-state index in [0.29, 0.717) is 23.7 Å². The molecule has 5 rings (SSSR count). The van der Waals surface area contributed by atoms with Crippen molar-refractivity contribution in [3.63, 3.8) is 0 Å². The minimum absolute atomic E-state index is 0.0262. The lowest BCUT2D eigenvalue weighted by Gasteiger charge is -2.39. The summed E-state index contributed by atoms with van der Waals surface area (Å²) in [4.78, 5) is 20.2. The van der Waals surface area contributed by atoms with Gasteiger partial charge in [0.15, 0.2) is 0 Å². The second kappa shape index (κ2) is 8.30. The molecule has 0 spiro atoms. The molecule has 0 fully saturated rings. The summed E-state index contributed by atoms with van der Waals surface area (Å²) in [5.41, 5.74) is 3.88. The van der Waals surface area contributed by atoms with Crippen molar-refractivity contribution in [2.75, 3.05) is 12.0 Å². The Morgan fingerprint density at radius 3 is 2.34 bits per heavy atom. The number of hydrogen-bond acceptors (Lipinski definition) is 4. The maximum Gasteiger partial charge on any atom is 0.264 e. The van der Waals surface area contributed by atoms with Crippen LogP contribution in [0.3, 0.4) is 0 Å². The number of amides is 1. The van der Waals surface area contributed by atoms with Crippen LogP contribution in [0, 0.1) is 6.92 Å². The first-order valence-corrected chi connectivity index (χ1v) is 10.6. The Morgan fingerprint density at radius 1 is 0.906 bits per heavy atom. The molecule has 0 bridgehead atoms. The maximum absolute atomic E-state index is 13.9. The van der Waals surface area contributed by atoms with E-state index in [2.05, 4.69) is 53.4 Å². The van der Waals surface area contributed by atoms with E-state index in [-0.39, 0.29) is 18.0 Å². The number of nitrogens with zero attached hydrogens (tertiary/aromatic N) is 4. The summed E-state index contributed by atoms with van der Waals surface area (Å²) in [5, 5.41) is 4.51. The zero-order chi connectivity index (χ0) is 22.1. The van der Waals surface area contributed by atoms with Gasteiger partial charge in [0.1, 0.15) is 12.1 Å². The van der Waals surface area contributed by atoms with Gasteiger partial charge in [0.05, 0.1) is 24.8 Å². The molecular formula is C26H24N4O2. The minimum atomic E-state index is -0.199. The summed E-state index contributed by atoms with van der Waals surface area (Å²) < 4.78 is 7.34. The number of carbonyl (C=O) groups is 1. The van der Waals surface area contributed by atoms with E-state index in [0.717, 1.165) is 11.1 Å². The lowest BCUT2D eigenvalue weighted by molar-refractivity contribution is 0.0960. The molecule has 6 nitrogen and oxygen atoms in total. The van der Waals surface area contributed by atoms with Gasteiger partial charge in [-0.1, -0.05) is 72.3 Å². The van der Waals surface area contributed by atoms with E-state index in [9.17, 15) is 4.79 Å². The van der Waals surface area contributed by atoms with Gasteiger partial charge in [-0.25, -0.2) is 4.68 Å². The predicted molar refractivity (Wildman–Crippen MR) is 123 cm³/mol. The van der Waals surface area contributed by atoms with Crippen LogP contribution < -0.4 is 9.64 Å². The molecule has 0 saturated heterocycles. The quantitative estimate of drug-likeness (QED) is 0.464. The van der Waals surface area contributed by atoms with Crippen molar-refractivity contribution in [3.8, 4) is 5.75 Å². The molecule has 160 valence electrons. The summed E-state index contributed by atoms with van der Waals surface area (Å²) in [5.74, 6) is 0.914. The summed E-state index contributed by atoms with van der Waals surface area (Å²) in [6.45, 7) is 2.06. The smallest absolute Gasteiger partial charge is 0.264 e. The van der Waals surface area contributed by atoms with E-state index in [1.54, 1.807) is 24.1 Å². The average Bonchev–Trinajstić information content (AvgIpc) is 3.33. The molecule has 2 atom stereocenters. The molecule has 2 heterocycles. The topological polar surface area (TPSA) is 60.2 Å². The number of fused-ring (bicyclic) bond motifs is 1. The molecule has 0 N–H and O–H groups in total. The monoisotopic (exact) mass is 424 g/mol. The summed E-state index contributed by atoms with van der Waals surface area (Å²) >= 11 is 0. The van der Waals surface area contributed by atoms with Crippen LogP contribution in [0.2, 0.25) is 0 Å². The largest absolute Gasteiger partial charge is 0.496 e. The molecule has 1 aliphatic heterocycles. The van der Waals surface area contributed by atoms with Gasteiger partial charge in [-0.15, -0.1) is 0 Å². The number of aryl methyl sites for hydroxylation is 1. The number of benzene rings is 3. The first-order valence-electron chi connectivity index (χ1n) is 10.6. The number of rotatable bonds is 4. The van der Waals surface area contributed by atoms with E-state index in [4.69, 9.17) is 4.74 Å². The van der Waals surface area contributed by atoms with Gasteiger partial charge < -0.3 is 4.74 Å². The number of carbonyl (C=O) groups excluding carboxylic acids is 1. The van der Waals surface area contributed by atoms with Crippen LogP contribution in [0.4, 0.5) is 5.95 Å².